The maximum atomic E-state index is 6.27. The molecule has 0 N–H and O–H groups in total. The molecule has 3 aromatic rings. The summed E-state index contributed by atoms with van der Waals surface area (Å²) in [6.07, 6.45) is 8.70. The van der Waals surface area contributed by atoms with Crippen molar-refractivity contribution in [2.24, 2.45) is 0 Å². The van der Waals surface area contributed by atoms with Gasteiger partial charge in [-0.05, 0) is 67.9 Å². The number of ether oxygens (including phenoxy) is 1. The van der Waals surface area contributed by atoms with Crippen molar-refractivity contribution in [1.82, 2.24) is 9.88 Å². The fourth-order valence-electron chi connectivity index (χ4n) is 3.93. The predicted octanol–water partition coefficient (Wildman–Crippen LogP) is 5.06. The lowest BCUT2D eigenvalue weighted by atomic mass is 9.91. The minimum atomic E-state index is 0.329. The quantitative estimate of drug-likeness (QED) is 0.646. The van der Waals surface area contributed by atoms with Crippen molar-refractivity contribution in [3.63, 3.8) is 0 Å². The summed E-state index contributed by atoms with van der Waals surface area (Å²) in [5, 5.41) is 2.35. The van der Waals surface area contributed by atoms with Crippen LogP contribution in [0.3, 0.4) is 0 Å². The van der Waals surface area contributed by atoms with Crippen LogP contribution in [-0.4, -0.2) is 29.1 Å². The second-order valence-corrected chi connectivity index (χ2v) is 7.33. The molecule has 2 aromatic carbocycles. The highest BCUT2D eigenvalue weighted by molar-refractivity contribution is 5.82. The summed E-state index contributed by atoms with van der Waals surface area (Å²) in [5.41, 5.74) is 1.39. The van der Waals surface area contributed by atoms with Crippen LogP contribution in [-0.2, 0) is 6.54 Å². The molecule has 3 nitrogen and oxygen atoms in total. The zero-order chi connectivity index (χ0) is 17.8. The second-order valence-electron chi connectivity index (χ2n) is 7.33. The molecule has 26 heavy (non-hydrogen) atoms. The molecule has 1 aromatic heterocycles. The van der Waals surface area contributed by atoms with Gasteiger partial charge in [-0.25, -0.2) is 0 Å². The molecular formula is C23H26N2O. The van der Waals surface area contributed by atoms with Crippen molar-refractivity contribution in [3.8, 4) is 5.75 Å². The van der Waals surface area contributed by atoms with E-state index in [0.29, 0.717) is 12.1 Å². The number of fused-ring (bicyclic) bond motifs is 1. The normalized spacial score (nSPS) is 20.4. The van der Waals surface area contributed by atoms with Gasteiger partial charge in [-0.15, -0.1) is 0 Å². The first kappa shape index (κ1) is 17.0. The van der Waals surface area contributed by atoms with Crippen molar-refractivity contribution in [3.05, 3.63) is 72.6 Å². The van der Waals surface area contributed by atoms with Crippen LogP contribution in [0.4, 0.5) is 0 Å². The lowest BCUT2D eigenvalue weighted by Crippen LogP contribution is -2.37. The first-order valence-corrected chi connectivity index (χ1v) is 9.52. The molecule has 1 saturated carbocycles. The molecule has 0 unspecified atom stereocenters. The molecule has 1 fully saturated rings. The van der Waals surface area contributed by atoms with E-state index in [9.17, 15) is 0 Å². The molecule has 134 valence electrons. The summed E-state index contributed by atoms with van der Waals surface area (Å²) in [6, 6.07) is 19.7. The van der Waals surface area contributed by atoms with Gasteiger partial charge in [-0.1, -0.05) is 30.3 Å². The van der Waals surface area contributed by atoms with Gasteiger partial charge in [0.25, 0.3) is 0 Å². The highest BCUT2D eigenvalue weighted by Gasteiger charge is 2.25. The highest BCUT2D eigenvalue weighted by atomic mass is 16.5. The summed E-state index contributed by atoms with van der Waals surface area (Å²) >= 11 is 0. The minimum absolute atomic E-state index is 0.329. The average molecular weight is 346 g/mol. The molecule has 0 amide bonds. The van der Waals surface area contributed by atoms with Crippen LogP contribution in [0.25, 0.3) is 10.8 Å². The summed E-state index contributed by atoms with van der Waals surface area (Å²) in [5.74, 6) is 0.977. The molecule has 0 atom stereocenters. The molecule has 0 saturated heterocycles. The van der Waals surface area contributed by atoms with Crippen LogP contribution in [0.15, 0.2) is 67.0 Å². The number of rotatable bonds is 5. The van der Waals surface area contributed by atoms with E-state index < -0.39 is 0 Å². The lowest BCUT2D eigenvalue weighted by Gasteiger charge is -2.34. The van der Waals surface area contributed by atoms with Crippen molar-refractivity contribution < 1.29 is 4.74 Å². The molecule has 3 heteroatoms. The Labute approximate surface area is 155 Å². The third-order valence-corrected chi connectivity index (χ3v) is 5.46. The Bertz CT molecular complexity index is 841. The smallest absolute Gasteiger partial charge is 0.120 e. The Morgan fingerprint density at radius 2 is 1.77 bits per heavy atom. The standard InChI is InChI=1S/C23H26N2O/c1-25(17-18-5-3-2-4-6-18)21-8-11-22(12-9-21)26-23-10-7-20-16-24-14-13-19(20)15-23/h2-7,10,13-16,21-22H,8-9,11-12,17H2,1H3. The van der Waals surface area contributed by atoms with Gasteiger partial charge in [0.05, 0.1) is 6.10 Å². The number of hydrogen-bond donors (Lipinski definition) is 0. The average Bonchev–Trinajstić information content (AvgIpc) is 2.69. The number of aromatic nitrogens is 1. The first-order valence-electron chi connectivity index (χ1n) is 9.52. The maximum absolute atomic E-state index is 6.27. The molecule has 0 spiro atoms. The van der Waals surface area contributed by atoms with Crippen molar-refractivity contribution in [2.75, 3.05) is 7.05 Å². The van der Waals surface area contributed by atoms with Gasteiger partial charge in [0, 0.05) is 30.4 Å². The van der Waals surface area contributed by atoms with Crippen LogP contribution in [0.5, 0.6) is 5.75 Å². The van der Waals surface area contributed by atoms with Gasteiger partial charge < -0.3 is 4.74 Å². The van der Waals surface area contributed by atoms with Gasteiger partial charge in [0.1, 0.15) is 5.75 Å². The Morgan fingerprint density at radius 3 is 2.58 bits per heavy atom. The SMILES string of the molecule is CN(Cc1ccccc1)C1CCC(Oc2ccc3cnccc3c2)CC1. The molecule has 1 aliphatic rings. The largest absolute Gasteiger partial charge is 0.490 e. The number of hydrogen-bond acceptors (Lipinski definition) is 3. The fraction of sp³-hybridized carbons (Fsp3) is 0.348. The molecule has 1 heterocycles. The number of pyridine rings is 1. The molecule has 1 aliphatic carbocycles. The van der Waals surface area contributed by atoms with Gasteiger partial charge in [-0.2, -0.15) is 0 Å². The molecule has 0 aliphatic heterocycles. The zero-order valence-electron chi connectivity index (χ0n) is 15.3. The van der Waals surface area contributed by atoms with E-state index >= 15 is 0 Å². The van der Waals surface area contributed by atoms with Gasteiger partial charge in [0.15, 0.2) is 0 Å². The summed E-state index contributed by atoms with van der Waals surface area (Å²) in [4.78, 5) is 6.66. The van der Waals surface area contributed by atoms with Crippen LogP contribution in [0, 0.1) is 0 Å². The predicted molar refractivity (Wildman–Crippen MR) is 106 cm³/mol. The van der Waals surface area contributed by atoms with E-state index in [1.165, 1.54) is 23.8 Å². The van der Waals surface area contributed by atoms with E-state index in [-0.39, 0.29) is 0 Å². The summed E-state index contributed by atoms with van der Waals surface area (Å²) in [7, 11) is 2.25. The van der Waals surface area contributed by atoms with Crippen molar-refractivity contribution in [2.45, 2.75) is 44.4 Å². The van der Waals surface area contributed by atoms with Crippen LogP contribution < -0.4 is 4.74 Å². The molecule has 0 bridgehead atoms. The first-order chi connectivity index (χ1) is 12.8. The number of nitrogens with zero attached hydrogens (tertiary/aromatic N) is 2. The molecular weight excluding hydrogens is 320 g/mol. The second kappa shape index (κ2) is 7.88. The monoisotopic (exact) mass is 346 g/mol. The van der Waals surface area contributed by atoms with Crippen LogP contribution in [0.2, 0.25) is 0 Å². The third kappa shape index (κ3) is 4.05. The summed E-state index contributed by atoms with van der Waals surface area (Å²) in [6.45, 7) is 1.02. The van der Waals surface area contributed by atoms with E-state index in [1.54, 1.807) is 0 Å². The van der Waals surface area contributed by atoms with Crippen molar-refractivity contribution in [1.29, 1.82) is 0 Å². The van der Waals surface area contributed by atoms with E-state index in [2.05, 4.69) is 65.5 Å². The van der Waals surface area contributed by atoms with Crippen LogP contribution >= 0.6 is 0 Å². The summed E-state index contributed by atoms with van der Waals surface area (Å²) < 4.78 is 6.27. The molecule has 0 radical (unpaired) electrons. The van der Waals surface area contributed by atoms with Crippen molar-refractivity contribution >= 4 is 10.8 Å². The fourth-order valence-corrected chi connectivity index (χ4v) is 3.93. The van der Waals surface area contributed by atoms with Gasteiger partial charge >= 0.3 is 0 Å². The van der Waals surface area contributed by atoms with Gasteiger partial charge in [0.2, 0.25) is 0 Å². The van der Waals surface area contributed by atoms with E-state index in [1.807, 2.05) is 18.5 Å². The van der Waals surface area contributed by atoms with Crippen LogP contribution in [0.1, 0.15) is 31.2 Å². The highest BCUT2D eigenvalue weighted by Crippen LogP contribution is 2.28. The third-order valence-electron chi connectivity index (χ3n) is 5.46. The Balaban J connectivity index is 1.31. The zero-order valence-corrected chi connectivity index (χ0v) is 15.3. The Morgan fingerprint density at radius 1 is 0.962 bits per heavy atom. The Kier molecular flexibility index (Phi) is 5.16. The van der Waals surface area contributed by atoms with Gasteiger partial charge in [-0.3, -0.25) is 9.88 Å². The topological polar surface area (TPSA) is 25.4 Å². The van der Waals surface area contributed by atoms with E-state index in [4.69, 9.17) is 4.74 Å². The van der Waals surface area contributed by atoms with E-state index in [0.717, 1.165) is 30.5 Å². The molecule has 4 rings (SSSR count). The Hall–Kier alpha value is -2.39. The minimum Gasteiger partial charge on any atom is -0.490 e. The lowest BCUT2D eigenvalue weighted by molar-refractivity contribution is 0.0979. The maximum Gasteiger partial charge on any atom is 0.120 e. The number of benzene rings is 2.